The zero-order valence-corrected chi connectivity index (χ0v) is 11.0. The summed E-state index contributed by atoms with van der Waals surface area (Å²) in [4.78, 5) is 22.9. The third-order valence-electron chi connectivity index (χ3n) is 2.54. The minimum absolute atomic E-state index is 0.139. The van der Waals surface area contributed by atoms with Crippen molar-refractivity contribution in [3.05, 3.63) is 64.2 Å². The lowest BCUT2D eigenvalue weighted by atomic mass is 10.2. The Kier molecular flexibility index (Phi) is 4.18. The van der Waals surface area contributed by atoms with E-state index in [0.29, 0.717) is 6.07 Å². The van der Waals surface area contributed by atoms with Gasteiger partial charge in [-0.3, -0.25) is 0 Å². The van der Waals surface area contributed by atoms with Gasteiger partial charge in [0, 0.05) is 0 Å². The molecule has 0 aliphatic rings. The second-order valence-corrected chi connectivity index (χ2v) is 4.34. The number of ether oxygens (including phenoxy) is 1. The van der Waals surface area contributed by atoms with Crippen molar-refractivity contribution < 1.29 is 28.2 Å². The van der Waals surface area contributed by atoms with E-state index in [4.69, 9.17) is 21.4 Å². The molecule has 0 saturated carbocycles. The SMILES string of the molecule is O=C(Oc1c(Cl)cccc1C(=O)O)c1cc(F)ccc1F. The summed E-state index contributed by atoms with van der Waals surface area (Å²) < 4.78 is 31.3. The van der Waals surface area contributed by atoms with Crippen molar-refractivity contribution in [2.75, 3.05) is 0 Å². The summed E-state index contributed by atoms with van der Waals surface area (Å²) in [5, 5.41) is 8.85. The van der Waals surface area contributed by atoms with Gasteiger partial charge in [0.05, 0.1) is 10.6 Å². The predicted octanol–water partition coefficient (Wildman–Crippen LogP) is 3.54. The van der Waals surface area contributed by atoms with Gasteiger partial charge in [-0.15, -0.1) is 0 Å². The number of carboxylic acids is 1. The molecule has 0 heterocycles. The maximum Gasteiger partial charge on any atom is 0.346 e. The summed E-state index contributed by atoms with van der Waals surface area (Å²) in [6, 6.07) is 6.07. The zero-order valence-electron chi connectivity index (χ0n) is 10.3. The van der Waals surface area contributed by atoms with Gasteiger partial charge >= 0.3 is 11.9 Å². The molecule has 0 aliphatic heterocycles. The van der Waals surface area contributed by atoms with Crippen LogP contribution in [0.5, 0.6) is 5.75 Å². The van der Waals surface area contributed by atoms with Gasteiger partial charge in [0.1, 0.15) is 17.2 Å². The summed E-state index contributed by atoms with van der Waals surface area (Å²) >= 11 is 5.77. The molecule has 0 aliphatic carbocycles. The van der Waals surface area contributed by atoms with E-state index in [1.165, 1.54) is 18.2 Å². The highest BCUT2D eigenvalue weighted by atomic mass is 35.5. The molecule has 0 bridgehead atoms. The third kappa shape index (κ3) is 3.17. The topological polar surface area (TPSA) is 63.6 Å². The maximum absolute atomic E-state index is 13.5. The average Bonchev–Trinajstić information content (AvgIpc) is 2.43. The largest absolute Gasteiger partial charge is 0.478 e. The van der Waals surface area contributed by atoms with Gasteiger partial charge in [-0.1, -0.05) is 17.7 Å². The first-order valence-electron chi connectivity index (χ1n) is 5.59. The lowest BCUT2D eigenvalue weighted by molar-refractivity contribution is 0.0680. The highest BCUT2D eigenvalue weighted by Crippen LogP contribution is 2.29. The molecular weight excluding hydrogens is 306 g/mol. The molecule has 108 valence electrons. The van der Waals surface area contributed by atoms with Crippen molar-refractivity contribution in [3.63, 3.8) is 0 Å². The van der Waals surface area contributed by atoms with Gasteiger partial charge in [0.25, 0.3) is 0 Å². The number of benzene rings is 2. The minimum Gasteiger partial charge on any atom is -0.478 e. The third-order valence-corrected chi connectivity index (χ3v) is 2.84. The van der Waals surface area contributed by atoms with Crippen LogP contribution >= 0.6 is 11.6 Å². The van der Waals surface area contributed by atoms with Gasteiger partial charge in [-0.2, -0.15) is 0 Å². The van der Waals surface area contributed by atoms with Crippen LogP contribution in [-0.4, -0.2) is 17.0 Å². The average molecular weight is 313 g/mol. The molecule has 0 atom stereocenters. The summed E-state index contributed by atoms with van der Waals surface area (Å²) in [6.07, 6.45) is 0. The van der Waals surface area contributed by atoms with Crippen LogP contribution in [0, 0.1) is 11.6 Å². The number of carboxylic acid groups (broad SMARTS) is 1. The highest BCUT2D eigenvalue weighted by Gasteiger charge is 2.21. The molecule has 0 spiro atoms. The Morgan fingerprint density at radius 3 is 2.48 bits per heavy atom. The van der Waals surface area contributed by atoms with E-state index < -0.39 is 34.9 Å². The van der Waals surface area contributed by atoms with Gasteiger partial charge in [0.2, 0.25) is 0 Å². The van der Waals surface area contributed by atoms with Crippen LogP contribution in [-0.2, 0) is 0 Å². The lowest BCUT2D eigenvalue weighted by Gasteiger charge is -2.09. The van der Waals surface area contributed by atoms with Crippen molar-refractivity contribution in [2.45, 2.75) is 0 Å². The van der Waals surface area contributed by atoms with E-state index in [0.717, 1.165) is 12.1 Å². The molecule has 2 aromatic carbocycles. The number of aromatic carboxylic acids is 1. The van der Waals surface area contributed by atoms with E-state index in [2.05, 4.69) is 0 Å². The van der Waals surface area contributed by atoms with Gasteiger partial charge in [0.15, 0.2) is 5.75 Å². The van der Waals surface area contributed by atoms with Gasteiger partial charge < -0.3 is 9.84 Å². The number of halogens is 3. The van der Waals surface area contributed by atoms with E-state index in [-0.39, 0.29) is 10.6 Å². The highest BCUT2D eigenvalue weighted by molar-refractivity contribution is 6.32. The molecule has 21 heavy (non-hydrogen) atoms. The van der Waals surface area contributed by atoms with Crippen LogP contribution in [0.1, 0.15) is 20.7 Å². The van der Waals surface area contributed by atoms with E-state index >= 15 is 0 Å². The first-order chi connectivity index (χ1) is 9.90. The van der Waals surface area contributed by atoms with Crippen LogP contribution < -0.4 is 4.74 Å². The second kappa shape index (κ2) is 5.88. The standard InChI is InChI=1S/C14H7ClF2O4/c15-10-3-1-2-8(13(18)19)12(10)21-14(20)9-6-7(16)4-5-11(9)17/h1-6H,(H,18,19). The number of carbonyl (C=O) groups excluding carboxylic acids is 1. The minimum atomic E-state index is -1.37. The van der Waals surface area contributed by atoms with E-state index in [1.54, 1.807) is 0 Å². The van der Waals surface area contributed by atoms with Crippen LogP contribution in [0.3, 0.4) is 0 Å². The summed E-state index contributed by atoms with van der Waals surface area (Å²) in [6.45, 7) is 0. The van der Waals surface area contributed by atoms with Gasteiger partial charge in [-0.05, 0) is 30.3 Å². The quantitative estimate of drug-likeness (QED) is 0.695. The number of hydrogen-bond acceptors (Lipinski definition) is 3. The first-order valence-corrected chi connectivity index (χ1v) is 5.97. The Balaban J connectivity index is 2.41. The molecule has 1 N–H and O–H groups in total. The zero-order chi connectivity index (χ0) is 15.6. The monoisotopic (exact) mass is 312 g/mol. The number of carbonyl (C=O) groups is 2. The van der Waals surface area contributed by atoms with E-state index in [9.17, 15) is 18.4 Å². The first kappa shape index (κ1) is 14.9. The molecule has 2 rings (SSSR count). The fraction of sp³-hybridized carbons (Fsp3) is 0. The number of rotatable bonds is 3. The number of para-hydroxylation sites is 1. The summed E-state index contributed by atoms with van der Waals surface area (Å²) in [7, 11) is 0. The Hall–Kier alpha value is -2.47. The van der Waals surface area contributed by atoms with Crippen LogP contribution in [0.2, 0.25) is 5.02 Å². The van der Waals surface area contributed by atoms with Crippen molar-refractivity contribution in [1.29, 1.82) is 0 Å². The summed E-state index contributed by atoms with van der Waals surface area (Å²) in [5.41, 5.74) is -1.03. The van der Waals surface area contributed by atoms with Crippen molar-refractivity contribution in [2.24, 2.45) is 0 Å². The Bertz CT molecular complexity index is 731. The van der Waals surface area contributed by atoms with E-state index in [1.807, 2.05) is 0 Å². The Morgan fingerprint density at radius 1 is 1.10 bits per heavy atom. The second-order valence-electron chi connectivity index (χ2n) is 3.94. The molecule has 0 saturated heterocycles. The summed E-state index contributed by atoms with van der Waals surface area (Å²) in [5.74, 6) is -4.88. The molecule has 0 fully saturated rings. The van der Waals surface area contributed by atoms with Crippen LogP contribution in [0.25, 0.3) is 0 Å². The van der Waals surface area contributed by atoms with Gasteiger partial charge in [-0.25, -0.2) is 18.4 Å². The van der Waals surface area contributed by atoms with Crippen molar-refractivity contribution in [3.8, 4) is 5.75 Å². The molecule has 0 radical (unpaired) electrons. The lowest BCUT2D eigenvalue weighted by Crippen LogP contribution is -2.14. The van der Waals surface area contributed by atoms with Crippen molar-refractivity contribution in [1.82, 2.24) is 0 Å². The normalized spacial score (nSPS) is 10.2. The molecule has 4 nitrogen and oxygen atoms in total. The Morgan fingerprint density at radius 2 is 1.81 bits per heavy atom. The molecule has 2 aromatic rings. The molecule has 0 amide bonds. The molecular formula is C14H7ClF2O4. The smallest absolute Gasteiger partial charge is 0.346 e. The number of esters is 1. The maximum atomic E-state index is 13.5. The van der Waals surface area contributed by atoms with Crippen LogP contribution in [0.4, 0.5) is 8.78 Å². The predicted molar refractivity (Wildman–Crippen MR) is 69.7 cm³/mol. The molecule has 7 heteroatoms. The van der Waals surface area contributed by atoms with Crippen LogP contribution in [0.15, 0.2) is 36.4 Å². The fourth-order valence-corrected chi connectivity index (χ4v) is 1.80. The molecule has 0 unspecified atom stereocenters. The molecule has 0 aromatic heterocycles. The fourth-order valence-electron chi connectivity index (χ4n) is 1.58. The number of hydrogen-bond donors (Lipinski definition) is 1. The Labute approximate surface area is 122 Å². The van der Waals surface area contributed by atoms with Crippen molar-refractivity contribution >= 4 is 23.5 Å².